The highest BCUT2D eigenvalue weighted by Crippen LogP contribution is 2.25. The molecule has 3 aromatic heterocycles. The van der Waals surface area contributed by atoms with E-state index in [0.717, 1.165) is 16.6 Å². The molecule has 0 aliphatic carbocycles. The largest absolute Gasteiger partial charge is 0.449 e. The molecule has 0 saturated carbocycles. The molecule has 2 aromatic carbocycles. The summed E-state index contributed by atoms with van der Waals surface area (Å²) in [4.78, 5) is 26.2. The summed E-state index contributed by atoms with van der Waals surface area (Å²) in [5, 5.41) is 4.99. The predicted molar refractivity (Wildman–Crippen MR) is 113 cm³/mol. The van der Waals surface area contributed by atoms with Crippen molar-refractivity contribution in [3.63, 3.8) is 0 Å². The molecule has 3 heterocycles. The van der Waals surface area contributed by atoms with Crippen LogP contribution in [0.25, 0.3) is 27.8 Å². The van der Waals surface area contributed by atoms with E-state index in [9.17, 15) is 4.79 Å². The molecule has 0 fully saturated rings. The number of benzene rings is 2. The molecule has 8 nitrogen and oxygen atoms in total. The molecular weight excluding hydrogens is 380 g/mol. The summed E-state index contributed by atoms with van der Waals surface area (Å²) in [6.45, 7) is 2.62. The summed E-state index contributed by atoms with van der Waals surface area (Å²) in [7, 11) is 2.01. The number of aromatic amines is 1. The number of aromatic nitrogens is 5. The van der Waals surface area contributed by atoms with E-state index >= 15 is 0 Å². The number of rotatable bonds is 5. The lowest BCUT2D eigenvalue weighted by Gasteiger charge is -2.24. The fraction of sp³-hybridized carbons (Fsp3) is 0.182. The van der Waals surface area contributed by atoms with Crippen molar-refractivity contribution in [1.82, 2.24) is 29.6 Å². The lowest BCUT2D eigenvalue weighted by molar-refractivity contribution is 0.247. The second-order valence-corrected chi connectivity index (χ2v) is 7.31. The van der Waals surface area contributed by atoms with Gasteiger partial charge in [-0.1, -0.05) is 24.3 Å². The number of furan rings is 1. The molecule has 0 aliphatic heterocycles. The number of nitrogens with zero attached hydrogens (tertiary/aromatic N) is 5. The highest BCUT2D eigenvalue weighted by Gasteiger charge is 2.17. The Morgan fingerprint density at radius 1 is 1.17 bits per heavy atom. The van der Waals surface area contributed by atoms with Gasteiger partial charge in [-0.2, -0.15) is 5.10 Å². The normalized spacial score (nSPS) is 12.8. The summed E-state index contributed by atoms with van der Waals surface area (Å²) in [6.07, 6.45) is 3.18. The van der Waals surface area contributed by atoms with Crippen LogP contribution < -0.4 is 5.56 Å². The van der Waals surface area contributed by atoms with Crippen molar-refractivity contribution < 1.29 is 4.42 Å². The van der Waals surface area contributed by atoms with Crippen LogP contribution >= 0.6 is 0 Å². The third-order valence-electron chi connectivity index (χ3n) is 5.40. The number of hydrogen-bond donors (Lipinski definition) is 1. The van der Waals surface area contributed by atoms with E-state index in [4.69, 9.17) is 4.42 Å². The van der Waals surface area contributed by atoms with Gasteiger partial charge < -0.3 is 9.40 Å². The first kappa shape index (κ1) is 18.3. The molecule has 0 unspecified atom stereocenters. The van der Waals surface area contributed by atoms with Crippen LogP contribution in [0.1, 0.15) is 24.4 Å². The Kier molecular flexibility index (Phi) is 4.40. The minimum atomic E-state index is -0.260. The van der Waals surface area contributed by atoms with Gasteiger partial charge >= 0.3 is 0 Å². The molecular formula is C22H20N6O2. The Balaban J connectivity index is 1.40. The minimum Gasteiger partial charge on any atom is -0.449 e. The minimum absolute atomic E-state index is 0.122. The smallest absolute Gasteiger partial charge is 0.294 e. The third kappa shape index (κ3) is 3.17. The van der Waals surface area contributed by atoms with Crippen molar-refractivity contribution in [3.05, 3.63) is 82.9 Å². The fourth-order valence-corrected chi connectivity index (χ4v) is 3.60. The zero-order valence-corrected chi connectivity index (χ0v) is 16.6. The molecule has 1 atom stereocenters. The van der Waals surface area contributed by atoms with Gasteiger partial charge in [0.1, 0.15) is 29.6 Å². The van der Waals surface area contributed by atoms with Crippen molar-refractivity contribution in [1.29, 1.82) is 0 Å². The van der Waals surface area contributed by atoms with Gasteiger partial charge in [0, 0.05) is 11.4 Å². The first-order valence-corrected chi connectivity index (χ1v) is 9.66. The van der Waals surface area contributed by atoms with Gasteiger partial charge in [-0.15, -0.1) is 0 Å². The maximum absolute atomic E-state index is 12.5. The van der Waals surface area contributed by atoms with E-state index in [1.54, 1.807) is 11.0 Å². The quantitative estimate of drug-likeness (QED) is 0.486. The van der Waals surface area contributed by atoms with E-state index in [0.29, 0.717) is 23.5 Å². The van der Waals surface area contributed by atoms with Gasteiger partial charge in [-0.3, -0.25) is 9.69 Å². The highest BCUT2D eigenvalue weighted by molar-refractivity contribution is 6.01. The van der Waals surface area contributed by atoms with Gasteiger partial charge in [-0.05, 0) is 43.8 Å². The third-order valence-corrected chi connectivity index (χ3v) is 5.40. The average Bonchev–Trinajstić information content (AvgIpc) is 3.42. The van der Waals surface area contributed by atoms with Crippen LogP contribution in [-0.4, -0.2) is 36.7 Å². The van der Waals surface area contributed by atoms with Crippen molar-refractivity contribution in [2.24, 2.45) is 0 Å². The van der Waals surface area contributed by atoms with E-state index in [1.165, 1.54) is 6.33 Å². The lowest BCUT2D eigenvalue weighted by Crippen LogP contribution is -2.24. The molecule has 1 N–H and O–H groups in total. The topological polar surface area (TPSA) is 92.8 Å². The van der Waals surface area contributed by atoms with Crippen LogP contribution in [0.2, 0.25) is 0 Å². The summed E-state index contributed by atoms with van der Waals surface area (Å²) >= 11 is 0. The van der Waals surface area contributed by atoms with E-state index in [-0.39, 0.29) is 17.2 Å². The molecule has 0 amide bonds. The summed E-state index contributed by atoms with van der Waals surface area (Å²) in [5.41, 5.74) is 3.37. The van der Waals surface area contributed by atoms with Crippen molar-refractivity contribution in [3.8, 4) is 5.69 Å². The highest BCUT2D eigenvalue weighted by atomic mass is 16.3. The van der Waals surface area contributed by atoms with Crippen LogP contribution in [0.5, 0.6) is 0 Å². The van der Waals surface area contributed by atoms with Crippen molar-refractivity contribution in [2.45, 2.75) is 19.5 Å². The molecule has 150 valence electrons. The second-order valence-electron chi connectivity index (χ2n) is 7.31. The predicted octanol–water partition coefficient (Wildman–Crippen LogP) is 3.44. The van der Waals surface area contributed by atoms with Gasteiger partial charge in [-0.25, -0.2) is 14.6 Å². The number of hydrogen-bond acceptors (Lipinski definition) is 6. The molecule has 0 spiro atoms. The first-order chi connectivity index (χ1) is 14.6. The first-order valence-electron chi connectivity index (χ1n) is 9.66. The zero-order valence-electron chi connectivity index (χ0n) is 16.6. The second kappa shape index (κ2) is 7.23. The van der Waals surface area contributed by atoms with Gasteiger partial charge in [0.2, 0.25) is 5.58 Å². The molecule has 30 heavy (non-hydrogen) atoms. The van der Waals surface area contributed by atoms with E-state index < -0.39 is 0 Å². The van der Waals surface area contributed by atoms with Crippen LogP contribution in [0.4, 0.5) is 0 Å². The van der Waals surface area contributed by atoms with Crippen molar-refractivity contribution in [2.75, 3.05) is 7.05 Å². The summed E-state index contributed by atoms with van der Waals surface area (Å²) in [5.74, 6) is 0.604. The number of para-hydroxylation sites is 1. The standard InChI is InChI=1S/C22H20N6O2/c1-14(15-7-9-16(10-8-15)28-13-23-12-24-28)27(2)11-19-25-20-17-5-3-4-6-18(17)30-21(20)22(29)26-19/h3-10,12-14H,11H2,1-2H3,(H,25,26,29)/t14-/m1/s1. The summed E-state index contributed by atoms with van der Waals surface area (Å²) in [6, 6.07) is 15.8. The number of H-pyrrole nitrogens is 1. The Hall–Kier alpha value is -3.78. The van der Waals surface area contributed by atoms with Gasteiger partial charge in [0.05, 0.1) is 12.2 Å². The average molecular weight is 400 g/mol. The lowest BCUT2D eigenvalue weighted by atomic mass is 10.1. The molecule has 8 heteroatoms. The maximum atomic E-state index is 12.5. The van der Waals surface area contributed by atoms with Crippen LogP contribution in [-0.2, 0) is 6.54 Å². The maximum Gasteiger partial charge on any atom is 0.294 e. The SMILES string of the molecule is C[C@H](c1ccc(-n2cncn2)cc1)N(C)Cc1nc2c(oc3ccccc32)c(=O)[nH]1. The van der Waals surface area contributed by atoms with E-state index in [1.807, 2.05) is 43.4 Å². The Morgan fingerprint density at radius 2 is 1.97 bits per heavy atom. The van der Waals surface area contributed by atoms with Gasteiger partial charge in [0.25, 0.3) is 5.56 Å². The van der Waals surface area contributed by atoms with Gasteiger partial charge in [0.15, 0.2) is 0 Å². The van der Waals surface area contributed by atoms with Crippen LogP contribution in [0.15, 0.2) is 70.4 Å². The Morgan fingerprint density at radius 3 is 2.73 bits per heavy atom. The monoisotopic (exact) mass is 400 g/mol. The Labute approximate surface area is 171 Å². The number of nitrogens with one attached hydrogen (secondary N) is 1. The Bertz CT molecular complexity index is 1370. The van der Waals surface area contributed by atoms with E-state index in [2.05, 4.69) is 44.0 Å². The van der Waals surface area contributed by atoms with Crippen LogP contribution in [0.3, 0.4) is 0 Å². The molecule has 0 aliphatic rings. The molecule has 0 radical (unpaired) electrons. The summed E-state index contributed by atoms with van der Waals surface area (Å²) < 4.78 is 7.39. The molecule has 0 saturated heterocycles. The molecule has 5 rings (SSSR count). The number of fused-ring (bicyclic) bond motifs is 3. The molecule has 5 aromatic rings. The van der Waals surface area contributed by atoms with Crippen LogP contribution in [0, 0.1) is 0 Å². The zero-order chi connectivity index (χ0) is 20.7. The molecule has 0 bridgehead atoms. The fourth-order valence-electron chi connectivity index (χ4n) is 3.60. The van der Waals surface area contributed by atoms with Crippen molar-refractivity contribution >= 4 is 22.1 Å².